The van der Waals surface area contributed by atoms with Gasteiger partial charge in [-0.05, 0) is 12.5 Å². The zero-order valence-electron chi connectivity index (χ0n) is 8.49. The number of hydrogen-bond acceptors (Lipinski definition) is 3. The van der Waals surface area contributed by atoms with Crippen LogP contribution in [0.5, 0.6) is 0 Å². The molecule has 0 aliphatic carbocycles. The first kappa shape index (κ1) is 10.7. The molecule has 0 aliphatic heterocycles. The number of carbonyl (C=O) groups is 1. The van der Waals surface area contributed by atoms with E-state index in [1.165, 1.54) is 7.11 Å². The number of nitrogens with two attached hydrogens (primary N) is 1. The van der Waals surface area contributed by atoms with Crippen molar-refractivity contribution in [2.45, 2.75) is 18.9 Å². The van der Waals surface area contributed by atoms with E-state index in [0.717, 1.165) is 5.56 Å². The Kier molecular flexibility index (Phi) is 3.25. The van der Waals surface area contributed by atoms with Gasteiger partial charge in [-0.25, -0.2) is 0 Å². The van der Waals surface area contributed by atoms with Crippen LogP contribution in [0.4, 0.5) is 0 Å². The highest BCUT2D eigenvalue weighted by Gasteiger charge is 2.29. The van der Waals surface area contributed by atoms with Gasteiger partial charge in [0.2, 0.25) is 0 Å². The molecule has 1 atom stereocenters. The van der Waals surface area contributed by atoms with Gasteiger partial charge in [-0.2, -0.15) is 0 Å². The molecule has 0 aromatic heterocycles. The van der Waals surface area contributed by atoms with Crippen LogP contribution in [0.3, 0.4) is 0 Å². The van der Waals surface area contributed by atoms with Crippen LogP contribution in [-0.2, 0) is 16.0 Å². The minimum atomic E-state index is -0.948. The highest BCUT2D eigenvalue weighted by atomic mass is 16.5. The molecule has 0 aliphatic rings. The fourth-order valence-corrected chi connectivity index (χ4v) is 1.33. The third-order valence-corrected chi connectivity index (χ3v) is 2.07. The summed E-state index contributed by atoms with van der Waals surface area (Å²) < 4.78 is 4.62. The molecule has 1 aromatic rings. The van der Waals surface area contributed by atoms with E-state index < -0.39 is 5.54 Å². The summed E-state index contributed by atoms with van der Waals surface area (Å²) in [6, 6.07) is 9.64. The maximum Gasteiger partial charge on any atom is 0.325 e. The third kappa shape index (κ3) is 2.57. The topological polar surface area (TPSA) is 52.3 Å². The van der Waals surface area contributed by atoms with Crippen molar-refractivity contribution in [3.8, 4) is 0 Å². The largest absolute Gasteiger partial charge is 0.468 e. The summed E-state index contributed by atoms with van der Waals surface area (Å²) in [5, 5.41) is 0. The first-order chi connectivity index (χ1) is 6.56. The zero-order valence-corrected chi connectivity index (χ0v) is 8.49. The molecule has 1 rings (SSSR count). The first-order valence-electron chi connectivity index (χ1n) is 4.47. The number of esters is 1. The van der Waals surface area contributed by atoms with E-state index in [0.29, 0.717) is 6.42 Å². The van der Waals surface area contributed by atoms with E-state index in [2.05, 4.69) is 4.74 Å². The molecule has 14 heavy (non-hydrogen) atoms. The Labute approximate surface area is 83.9 Å². The monoisotopic (exact) mass is 193 g/mol. The average molecular weight is 193 g/mol. The van der Waals surface area contributed by atoms with Crippen LogP contribution >= 0.6 is 0 Å². The predicted molar refractivity (Wildman–Crippen MR) is 54.8 cm³/mol. The Morgan fingerprint density at radius 2 is 2.00 bits per heavy atom. The summed E-state index contributed by atoms with van der Waals surface area (Å²) in [5.41, 5.74) is 5.91. The first-order valence-corrected chi connectivity index (χ1v) is 4.47. The van der Waals surface area contributed by atoms with Gasteiger partial charge in [-0.3, -0.25) is 4.79 Å². The van der Waals surface area contributed by atoms with Crippen LogP contribution in [0.2, 0.25) is 0 Å². The number of carbonyl (C=O) groups excluding carboxylic acids is 1. The molecule has 0 fully saturated rings. The second-order valence-corrected chi connectivity index (χ2v) is 3.57. The van der Waals surface area contributed by atoms with E-state index in [4.69, 9.17) is 5.73 Å². The molecule has 2 N–H and O–H groups in total. The summed E-state index contributed by atoms with van der Waals surface area (Å²) in [4.78, 5) is 11.3. The molecule has 3 heteroatoms. The Morgan fingerprint density at radius 1 is 1.43 bits per heavy atom. The predicted octanol–water partition coefficient (Wildman–Crippen LogP) is 1.12. The summed E-state index contributed by atoms with van der Waals surface area (Å²) in [5.74, 6) is -0.388. The van der Waals surface area contributed by atoms with Crippen molar-refractivity contribution in [2.24, 2.45) is 5.73 Å². The van der Waals surface area contributed by atoms with E-state index in [1.54, 1.807) is 6.92 Å². The summed E-state index contributed by atoms with van der Waals surface area (Å²) >= 11 is 0. The zero-order chi connectivity index (χ0) is 10.6. The highest BCUT2D eigenvalue weighted by molar-refractivity contribution is 5.80. The molecule has 0 saturated heterocycles. The molecule has 0 spiro atoms. The van der Waals surface area contributed by atoms with E-state index >= 15 is 0 Å². The van der Waals surface area contributed by atoms with E-state index in [1.807, 2.05) is 30.3 Å². The van der Waals surface area contributed by atoms with Crippen LogP contribution in [0.25, 0.3) is 0 Å². The average Bonchev–Trinajstić information content (AvgIpc) is 2.17. The Bertz CT molecular complexity index is 306. The summed E-state index contributed by atoms with van der Waals surface area (Å²) in [6.07, 6.45) is 0.487. The normalized spacial score (nSPS) is 14.5. The number of hydrogen-bond donors (Lipinski definition) is 1. The van der Waals surface area contributed by atoms with Crippen LogP contribution in [-0.4, -0.2) is 18.6 Å². The third-order valence-electron chi connectivity index (χ3n) is 2.07. The molecule has 3 nitrogen and oxygen atoms in total. The Balaban J connectivity index is 2.73. The van der Waals surface area contributed by atoms with Crippen molar-refractivity contribution in [3.63, 3.8) is 0 Å². The standard InChI is InChI=1S/C11H15NO2/c1-11(12,10(13)14-2)8-9-6-4-3-5-7-9/h3-7H,8,12H2,1-2H3/t11-/m0/s1. The molecule has 0 bridgehead atoms. The van der Waals surface area contributed by atoms with Crippen molar-refractivity contribution in [2.75, 3.05) is 7.11 Å². The Hall–Kier alpha value is -1.35. The van der Waals surface area contributed by atoms with Gasteiger partial charge in [0.25, 0.3) is 0 Å². The molecule has 0 saturated carbocycles. The van der Waals surface area contributed by atoms with Crippen molar-refractivity contribution >= 4 is 5.97 Å². The van der Waals surface area contributed by atoms with Gasteiger partial charge in [0.05, 0.1) is 7.11 Å². The van der Waals surface area contributed by atoms with E-state index in [-0.39, 0.29) is 5.97 Å². The smallest absolute Gasteiger partial charge is 0.325 e. The lowest BCUT2D eigenvalue weighted by molar-refractivity contribution is -0.146. The number of methoxy groups -OCH3 is 1. The SMILES string of the molecule is COC(=O)[C@@](C)(N)Cc1ccccc1. The van der Waals surface area contributed by atoms with Gasteiger partial charge in [0, 0.05) is 6.42 Å². The van der Waals surface area contributed by atoms with Gasteiger partial charge in [0.1, 0.15) is 5.54 Å². The molecule has 0 amide bonds. The molecule has 0 heterocycles. The fourth-order valence-electron chi connectivity index (χ4n) is 1.33. The molecular weight excluding hydrogens is 178 g/mol. The van der Waals surface area contributed by atoms with Gasteiger partial charge < -0.3 is 10.5 Å². The second kappa shape index (κ2) is 4.24. The molecule has 76 valence electrons. The van der Waals surface area contributed by atoms with Crippen LogP contribution in [0.15, 0.2) is 30.3 Å². The molecular formula is C11H15NO2. The fraction of sp³-hybridized carbons (Fsp3) is 0.364. The number of rotatable bonds is 3. The number of ether oxygens (including phenoxy) is 1. The lowest BCUT2D eigenvalue weighted by atomic mass is 9.94. The molecule has 1 aromatic carbocycles. The van der Waals surface area contributed by atoms with E-state index in [9.17, 15) is 4.79 Å². The lowest BCUT2D eigenvalue weighted by Crippen LogP contribution is -2.47. The minimum absolute atomic E-state index is 0.388. The maximum atomic E-state index is 11.3. The van der Waals surface area contributed by atoms with Crippen LogP contribution in [0.1, 0.15) is 12.5 Å². The highest BCUT2D eigenvalue weighted by Crippen LogP contribution is 2.11. The summed E-state index contributed by atoms with van der Waals surface area (Å²) in [6.45, 7) is 1.67. The van der Waals surface area contributed by atoms with Crippen molar-refractivity contribution in [3.05, 3.63) is 35.9 Å². The lowest BCUT2D eigenvalue weighted by Gasteiger charge is -2.21. The van der Waals surface area contributed by atoms with Gasteiger partial charge in [-0.1, -0.05) is 30.3 Å². The van der Waals surface area contributed by atoms with Crippen molar-refractivity contribution in [1.29, 1.82) is 0 Å². The van der Waals surface area contributed by atoms with Gasteiger partial charge in [0.15, 0.2) is 0 Å². The van der Waals surface area contributed by atoms with Crippen molar-refractivity contribution in [1.82, 2.24) is 0 Å². The van der Waals surface area contributed by atoms with Gasteiger partial charge >= 0.3 is 5.97 Å². The second-order valence-electron chi connectivity index (χ2n) is 3.57. The van der Waals surface area contributed by atoms with Crippen LogP contribution < -0.4 is 5.73 Å². The van der Waals surface area contributed by atoms with Crippen molar-refractivity contribution < 1.29 is 9.53 Å². The van der Waals surface area contributed by atoms with Gasteiger partial charge in [-0.15, -0.1) is 0 Å². The van der Waals surface area contributed by atoms with Crippen LogP contribution in [0, 0.1) is 0 Å². The molecule has 0 radical (unpaired) electrons. The Morgan fingerprint density at radius 3 is 2.50 bits per heavy atom. The maximum absolute atomic E-state index is 11.3. The molecule has 0 unspecified atom stereocenters. The number of benzene rings is 1. The quantitative estimate of drug-likeness (QED) is 0.732. The summed E-state index contributed by atoms with van der Waals surface area (Å²) in [7, 11) is 1.35. The minimum Gasteiger partial charge on any atom is -0.468 e.